The average Bonchev–Trinajstić information content (AvgIpc) is 3.38. The Morgan fingerprint density at radius 3 is 2.82 bits per heavy atom. The smallest absolute Gasteiger partial charge is 0.293 e. The predicted molar refractivity (Wildman–Crippen MR) is 170 cm³/mol. The third kappa shape index (κ3) is 5.58. The van der Waals surface area contributed by atoms with Crippen molar-refractivity contribution in [3.05, 3.63) is 11.1 Å². The van der Waals surface area contributed by atoms with Crippen LogP contribution in [0, 0.1) is 34.5 Å². The van der Waals surface area contributed by atoms with Gasteiger partial charge in [-0.1, -0.05) is 12.5 Å². The lowest BCUT2D eigenvalue weighted by Crippen LogP contribution is -3.19. The summed E-state index contributed by atoms with van der Waals surface area (Å²) in [4.78, 5) is 19.0. The number of fused-ring (bicyclic) bond motifs is 1. The molecule has 10 atom stereocenters. The molecule has 2 spiro atoms. The number of likely N-dealkylation sites (N-methyl/N-ethyl adjacent to an activating group) is 1. The van der Waals surface area contributed by atoms with Crippen LogP contribution in [0.15, 0.2) is 16.1 Å². The number of likely N-dealkylation sites (tertiary alicyclic amines) is 1. The summed E-state index contributed by atoms with van der Waals surface area (Å²) in [5.41, 5.74) is 5.35. The van der Waals surface area contributed by atoms with Gasteiger partial charge in [-0.3, -0.25) is 4.90 Å². The van der Waals surface area contributed by atoms with Crippen LogP contribution in [0.1, 0.15) is 71.1 Å². The Kier molecular flexibility index (Phi) is 9.98. The molecule has 3 saturated carbocycles. The molecule has 1 unspecified atom stereocenters. The van der Waals surface area contributed by atoms with Crippen molar-refractivity contribution < 1.29 is 29.8 Å². The van der Waals surface area contributed by atoms with Crippen LogP contribution in [0.4, 0.5) is 0 Å². The molecule has 8 N–H and O–H groups in total. The number of nitrogens with two attached hydrogens (primary N) is 1. The summed E-state index contributed by atoms with van der Waals surface area (Å²) in [5, 5.41) is 45.6. The molecule has 2 bridgehead atoms. The van der Waals surface area contributed by atoms with Crippen LogP contribution in [0.25, 0.3) is 0 Å². The highest BCUT2D eigenvalue weighted by atomic mass is 16.5. The number of aliphatic hydroxyl groups excluding tert-OH is 1. The number of guanidine groups is 1. The van der Waals surface area contributed by atoms with Crippen LogP contribution in [-0.2, 0) is 9.53 Å². The molecule has 254 valence electrons. The SMILES string of the molecule is CNCCN=C(N)[NH+]1CC[C@H](CNCCO)[C@@]2(C1)[C@@H]1CC[C@@H](C)[C@]23C[C@](O)(CO[C@H]2CCC[C@H]4NCCC[C@H]24)C(C(=O)[O-])=C3C1. The van der Waals surface area contributed by atoms with Crippen molar-refractivity contribution in [1.82, 2.24) is 16.0 Å². The molecule has 45 heavy (non-hydrogen) atoms. The molecular formula is C34H58N6O5. The fraction of sp³-hybridized carbons (Fsp3) is 0.882. The highest BCUT2D eigenvalue weighted by Crippen LogP contribution is 2.76. The van der Waals surface area contributed by atoms with Crippen LogP contribution in [0.5, 0.6) is 0 Å². The third-order valence-corrected chi connectivity index (χ3v) is 13.2. The van der Waals surface area contributed by atoms with Crippen molar-refractivity contribution in [2.45, 2.75) is 88.9 Å². The minimum atomic E-state index is -1.60. The number of nitrogens with zero attached hydrogens (tertiary/aromatic N) is 1. The first kappa shape index (κ1) is 33.3. The van der Waals surface area contributed by atoms with Crippen molar-refractivity contribution in [3.63, 3.8) is 0 Å². The molecule has 0 aromatic carbocycles. The number of carboxylic acids is 1. The van der Waals surface area contributed by atoms with E-state index in [2.05, 4.69) is 22.9 Å². The minimum Gasteiger partial charge on any atom is -0.545 e. The predicted octanol–water partition coefficient (Wildman–Crippen LogP) is -1.45. The molecule has 0 aromatic heterocycles. The number of carbonyl (C=O) groups is 1. The molecule has 2 heterocycles. The van der Waals surface area contributed by atoms with Crippen LogP contribution in [0.3, 0.4) is 0 Å². The summed E-state index contributed by atoms with van der Waals surface area (Å²) in [5.74, 6) is 0.515. The van der Waals surface area contributed by atoms with Gasteiger partial charge in [0.2, 0.25) is 0 Å². The van der Waals surface area contributed by atoms with E-state index in [-0.39, 0.29) is 48.1 Å². The quantitative estimate of drug-likeness (QED) is 0.0821. The monoisotopic (exact) mass is 630 g/mol. The maximum atomic E-state index is 13.1. The lowest BCUT2D eigenvalue weighted by Gasteiger charge is -2.60. The molecule has 4 aliphatic carbocycles. The number of rotatable bonds is 11. The third-order valence-electron chi connectivity index (χ3n) is 13.2. The highest BCUT2D eigenvalue weighted by Gasteiger charge is 2.75. The van der Waals surface area contributed by atoms with Gasteiger partial charge >= 0.3 is 0 Å². The Labute approximate surface area is 268 Å². The topological polar surface area (TPSA) is 169 Å². The number of hydrogen-bond acceptors (Lipinski definition) is 9. The first-order valence-electron chi connectivity index (χ1n) is 17.9. The van der Waals surface area contributed by atoms with Crippen molar-refractivity contribution in [3.8, 4) is 0 Å². The number of carboxylic acid groups (broad SMARTS) is 1. The van der Waals surface area contributed by atoms with E-state index in [4.69, 9.17) is 15.5 Å². The van der Waals surface area contributed by atoms with Gasteiger partial charge in [0.25, 0.3) is 5.96 Å². The fourth-order valence-electron chi connectivity index (χ4n) is 11.5. The number of aliphatic imine (C=N–C) groups is 1. The molecule has 0 radical (unpaired) electrons. The molecule has 11 heteroatoms. The van der Waals surface area contributed by atoms with E-state index in [0.29, 0.717) is 43.9 Å². The van der Waals surface area contributed by atoms with Crippen molar-refractivity contribution in [1.29, 1.82) is 0 Å². The molecule has 0 aromatic rings. The largest absolute Gasteiger partial charge is 0.545 e. The molecule has 11 nitrogen and oxygen atoms in total. The number of piperidine rings is 2. The van der Waals surface area contributed by atoms with E-state index in [1.54, 1.807) is 0 Å². The number of ether oxygens (including phenoxy) is 1. The number of aliphatic hydroxyl groups is 2. The summed E-state index contributed by atoms with van der Waals surface area (Å²) in [7, 11) is 1.91. The molecule has 2 aliphatic heterocycles. The Balaban J connectivity index is 1.37. The maximum Gasteiger partial charge on any atom is 0.293 e. The highest BCUT2D eigenvalue weighted by molar-refractivity contribution is 5.90. The molecular weight excluding hydrogens is 572 g/mol. The number of quaternary nitrogens is 1. The maximum absolute atomic E-state index is 13.1. The van der Waals surface area contributed by atoms with Crippen molar-refractivity contribution >= 4 is 11.9 Å². The number of allylic oxidation sites excluding steroid dienone is 1. The van der Waals surface area contributed by atoms with Gasteiger partial charge in [-0.05, 0) is 95.7 Å². The van der Waals surface area contributed by atoms with Crippen LogP contribution in [-0.4, -0.2) is 106 Å². The Morgan fingerprint density at radius 1 is 1.20 bits per heavy atom. The van der Waals surface area contributed by atoms with Gasteiger partial charge in [-0.15, -0.1) is 0 Å². The first-order valence-corrected chi connectivity index (χ1v) is 17.9. The van der Waals surface area contributed by atoms with Gasteiger partial charge < -0.3 is 46.5 Å². The Bertz CT molecular complexity index is 1150. The zero-order chi connectivity index (χ0) is 31.8. The summed E-state index contributed by atoms with van der Waals surface area (Å²) >= 11 is 0. The van der Waals surface area contributed by atoms with E-state index < -0.39 is 17.0 Å². The molecule has 6 rings (SSSR count). The minimum absolute atomic E-state index is 0.000528. The van der Waals surface area contributed by atoms with E-state index in [9.17, 15) is 20.1 Å². The van der Waals surface area contributed by atoms with Gasteiger partial charge in [0, 0.05) is 47.9 Å². The van der Waals surface area contributed by atoms with Gasteiger partial charge in [0.05, 0.1) is 44.9 Å². The van der Waals surface area contributed by atoms with E-state index in [0.717, 1.165) is 89.7 Å². The second-order valence-electron chi connectivity index (χ2n) is 15.2. The van der Waals surface area contributed by atoms with Gasteiger partial charge in [0.15, 0.2) is 0 Å². The number of carbonyl (C=O) groups excluding carboxylic acids is 1. The lowest BCUT2D eigenvalue weighted by atomic mass is 9.45. The average molecular weight is 631 g/mol. The summed E-state index contributed by atoms with van der Waals surface area (Å²) in [6.45, 7) is 7.65. The molecule has 5 fully saturated rings. The zero-order valence-corrected chi connectivity index (χ0v) is 27.5. The second kappa shape index (κ2) is 13.5. The molecule has 0 amide bonds. The molecule has 2 saturated heterocycles. The summed E-state index contributed by atoms with van der Waals surface area (Å²) in [6, 6.07) is 0.443. The molecule has 6 aliphatic rings. The number of aliphatic carboxylic acids is 1. The van der Waals surface area contributed by atoms with E-state index >= 15 is 0 Å². The van der Waals surface area contributed by atoms with Crippen molar-refractivity contribution in [2.24, 2.45) is 45.2 Å². The first-order chi connectivity index (χ1) is 21.7. The van der Waals surface area contributed by atoms with E-state index in [1.165, 1.54) is 4.90 Å². The van der Waals surface area contributed by atoms with Crippen LogP contribution < -0.4 is 31.7 Å². The fourth-order valence-corrected chi connectivity index (χ4v) is 11.5. The van der Waals surface area contributed by atoms with Crippen LogP contribution in [0.2, 0.25) is 0 Å². The van der Waals surface area contributed by atoms with Crippen molar-refractivity contribution in [2.75, 3.05) is 66.1 Å². The zero-order valence-electron chi connectivity index (χ0n) is 27.5. The van der Waals surface area contributed by atoms with Gasteiger partial charge in [-0.2, -0.15) is 0 Å². The van der Waals surface area contributed by atoms with E-state index in [1.807, 2.05) is 7.05 Å². The Morgan fingerprint density at radius 2 is 2.04 bits per heavy atom. The Hall–Kier alpha value is -1.60. The lowest BCUT2D eigenvalue weighted by molar-refractivity contribution is -0.828. The summed E-state index contributed by atoms with van der Waals surface area (Å²) in [6.07, 6.45) is 9.42. The van der Waals surface area contributed by atoms with Crippen LogP contribution >= 0.6 is 0 Å². The number of nitrogens with one attached hydrogen (secondary N) is 4. The van der Waals surface area contributed by atoms with Gasteiger partial charge in [-0.25, -0.2) is 4.99 Å². The second-order valence-corrected chi connectivity index (χ2v) is 15.2. The number of hydrogen-bond donors (Lipinski definition) is 7. The van der Waals surface area contributed by atoms with Gasteiger partial charge in [0.1, 0.15) is 5.60 Å². The summed E-state index contributed by atoms with van der Waals surface area (Å²) < 4.78 is 6.65. The standard InChI is InChI=1S/C34H58N6O5/c1-22-8-9-23-17-26-29(30(42)43)32(44,21-45-28-7-3-6-27-25(28)5-4-11-38-27)19-33(22,26)34(23)20-40(31(35)39-13-12-36-2)15-10-24(34)18-37-14-16-41/h22-25,27-28,36-38,41,44H,3-21H2,1-2H3,(H2,35,39)(H,42,43)/t22-,23-,24-,25+,27-,28+,32+,33+,34-/m1/s1. The normalized spacial score (nSPS) is 43.0.